The summed E-state index contributed by atoms with van der Waals surface area (Å²) in [5, 5.41) is 3.67. The fourth-order valence-electron chi connectivity index (χ4n) is 1.40. The predicted octanol–water partition coefficient (Wildman–Crippen LogP) is 2.43. The number of rotatable bonds is 4. The van der Waals surface area contributed by atoms with Gasteiger partial charge in [-0.2, -0.15) is 4.98 Å². The summed E-state index contributed by atoms with van der Waals surface area (Å²) in [4.78, 5) is 3.88. The number of aromatic nitrogens is 2. The average Bonchev–Trinajstić information content (AvgIpc) is 2.80. The lowest BCUT2D eigenvalue weighted by molar-refractivity contribution is 0.282. The van der Waals surface area contributed by atoms with E-state index in [1.807, 2.05) is 25.1 Å². The zero-order valence-corrected chi connectivity index (χ0v) is 10.8. The highest BCUT2D eigenvalue weighted by molar-refractivity contribution is 9.10. The Labute approximate surface area is 107 Å². The van der Waals surface area contributed by atoms with E-state index in [1.165, 1.54) is 6.39 Å². The van der Waals surface area contributed by atoms with Crippen molar-refractivity contribution in [3.8, 4) is 5.75 Å². The lowest BCUT2D eigenvalue weighted by Crippen LogP contribution is -2.08. The molecule has 1 aromatic carbocycles. The van der Waals surface area contributed by atoms with Crippen molar-refractivity contribution in [2.24, 2.45) is 5.73 Å². The van der Waals surface area contributed by atoms with E-state index in [0.717, 1.165) is 15.8 Å². The van der Waals surface area contributed by atoms with Gasteiger partial charge < -0.3 is 15.0 Å². The molecule has 0 fully saturated rings. The van der Waals surface area contributed by atoms with E-state index in [0.29, 0.717) is 5.82 Å². The van der Waals surface area contributed by atoms with Crippen LogP contribution in [-0.4, -0.2) is 10.1 Å². The summed E-state index contributed by atoms with van der Waals surface area (Å²) >= 11 is 3.40. The number of benzene rings is 1. The van der Waals surface area contributed by atoms with Crippen LogP contribution in [0.5, 0.6) is 5.75 Å². The molecule has 2 N–H and O–H groups in total. The van der Waals surface area contributed by atoms with Crippen molar-refractivity contribution in [2.45, 2.75) is 19.6 Å². The minimum absolute atomic E-state index is 0.104. The molecule has 0 aliphatic carbocycles. The summed E-state index contributed by atoms with van der Waals surface area (Å²) in [5.74, 6) is 1.23. The molecule has 5 nitrogen and oxygen atoms in total. The van der Waals surface area contributed by atoms with Crippen LogP contribution in [0.4, 0.5) is 0 Å². The van der Waals surface area contributed by atoms with Gasteiger partial charge in [-0.15, -0.1) is 0 Å². The maximum Gasteiger partial charge on any atom is 0.213 e. The van der Waals surface area contributed by atoms with Gasteiger partial charge in [-0.25, -0.2) is 0 Å². The number of halogens is 1. The molecule has 6 heteroatoms. The first-order valence-corrected chi connectivity index (χ1v) is 5.89. The van der Waals surface area contributed by atoms with Gasteiger partial charge in [0.15, 0.2) is 6.61 Å². The standard InChI is InChI=1S/C11H12BrN3O2/c1-7(13)9-4-8(12)2-3-10(9)16-5-11-14-6-17-15-11/h2-4,6-7H,5,13H2,1H3. The van der Waals surface area contributed by atoms with Gasteiger partial charge in [-0.3, -0.25) is 0 Å². The maximum absolute atomic E-state index is 5.88. The van der Waals surface area contributed by atoms with Crippen molar-refractivity contribution >= 4 is 15.9 Å². The van der Waals surface area contributed by atoms with E-state index in [1.54, 1.807) is 0 Å². The number of hydrogen-bond acceptors (Lipinski definition) is 5. The Kier molecular flexibility index (Phi) is 3.75. The van der Waals surface area contributed by atoms with E-state index >= 15 is 0 Å². The van der Waals surface area contributed by atoms with Gasteiger partial charge in [-0.05, 0) is 25.1 Å². The number of nitrogens with two attached hydrogens (primary N) is 1. The molecule has 1 atom stereocenters. The minimum Gasteiger partial charge on any atom is -0.485 e. The third-order valence-corrected chi connectivity index (χ3v) is 2.72. The van der Waals surface area contributed by atoms with Crippen molar-refractivity contribution in [1.29, 1.82) is 0 Å². The third kappa shape index (κ3) is 3.04. The second-order valence-corrected chi connectivity index (χ2v) is 4.52. The van der Waals surface area contributed by atoms with Gasteiger partial charge in [-0.1, -0.05) is 21.1 Å². The topological polar surface area (TPSA) is 74.2 Å². The summed E-state index contributed by atoms with van der Waals surface area (Å²) in [6.07, 6.45) is 1.27. The monoisotopic (exact) mass is 297 g/mol. The summed E-state index contributed by atoms with van der Waals surface area (Å²) < 4.78 is 11.2. The van der Waals surface area contributed by atoms with Crippen LogP contribution in [0, 0.1) is 0 Å². The minimum atomic E-state index is -0.104. The van der Waals surface area contributed by atoms with Crippen LogP contribution in [0.25, 0.3) is 0 Å². The first kappa shape index (κ1) is 12.1. The summed E-state index contributed by atoms with van der Waals surface area (Å²) in [5.41, 5.74) is 6.81. The first-order chi connectivity index (χ1) is 8.16. The van der Waals surface area contributed by atoms with Crippen molar-refractivity contribution in [2.75, 3.05) is 0 Å². The number of ether oxygens (including phenoxy) is 1. The summed E-state index contributed by atoms with van der Waals surface area (Å²) in [6, 6.07) is 5.60. The van der Waals surface area contributed by atoms with Crippen LogP contribution in [0.2, 0.25) is 0 Å². The summed E-state index contributed by atoms with van der Waals surface area (Å²) in [7, 11) is 0. The van der Waals surface area contributed by atoms with Crippen molar-refractivity contribution < 1.29 is 9.26 Å². The van der Waals surface area contributed by atoms with Crippen LogP contribution in [-0.2, 0) is 6.61 Å². The molecule has 0 aliphatic heterocycles. The van der Waals surface area contributed by atoms with Gasteiger partial charge in [0.25, 0.3) is 0 Å². The van der Waals surface area contributed by atoms with Gasteiger partial charge >= 0.3 is 0 Å². The quantitative estimate of drug-likeness (QED) is 0.938. The lowest BCUT2D eigenvalue weighted by atomic mass is 10.1. The molecule has 17 heavy (non-hydrogen) atoms. The molecule has 0 saturated carbocycles. The Morgan fingerprint density at radius 3 is 3.00 bits per heavy atom. The van der Waals surface area contributed by atoms with E-state index in [9.17, 15) is 0 Å². The molecule has 2 aromatic rings. The van der Waals surface area contributed by atoms with Crippen LogP contribution in [0.3, 0.4) is 0 Å². The fourth-order valence-corrected chi connectivity index (χ4v) is 1.78. The number of hydrogen-bond donors (Lipinski definition) is 1. The Morgan fingerprint density at radius 1 is 1.53 bits per heavy atom. The largest absolute Gasteiger partial charge is 0.485 e. The zero-order valence-electron chi connectivity index (χ0n) is 9.26. The van der Waals surface area contributed by atoms with Gasteiger partial charge in [0.2, 0.25) is 12.2 Å². The Hall–Kier alpha value is -1.40. The molecule has 0 aliphatic rings. The van der Waals surface area contributed by atoms with E-state index < -0.39 is 0 Å². The zero-order chi connectivity index (χ0) is 12.3. The fraction of sp³-hybridized carbons (Fsp3) is 0.273. The molecule has 1 aromatic heterocycles. The first-order valence-electron chi connectivity index (χ1n) is 5.10. The second-order valence-electron chi connectivity index (χ2n) is 3.61. The highest BCUT2D eigenvalue weighted by Gasteiger charge is 2.10. The molecular weight excluding hydrogens is 286 g/mol. The van der Waals surface area contributed by atoms with Crippen LogP contribution in [0.15, 0.2) is 33.6 Å². The lowest BCUT2D eigenvalue weighted by Gasteiger charge is -2.13. The predicted molar refractivity (Wildman–Crippen MR) is 65.4 cm³/mol. The van der Waals surface area contributed by atoms with Crippen molar-refractivity contribution in [1.82, 2.24) is 10.1 Å². The van der Waals surface area contributed by atoms with Gasteiger partial charge in [0, 0.05) is 16.1 Å². The molecule has 0 saturated heterocycles. The molecule has 0 bridgehead atoms. The van der Waals surface area contributed by atoms with Crippen molar-refractivity contribution in [3.63, 3.8) is 0 Å². The Bertz CT molecular complexity index is 485. The third-order valence-electron chi connectivity index (χ3n) is 2.23. The van der Waals surface area contributed by atoms with Crippen molar-refractivity contribution in [3.05, 3.63) is 40.5 Å². The van der Waals surface area contributed by atoms with E-state index in [-0.39, 0.29) is 12.6 Å². The SMILES string of the molecule is CC(N)c1cc(Br)ccc1OCc1ncon1. The molecule has 1 unspecified atom stereocenters. The molecular formula is C11H12BrN3O2. The van der Waals surface area contributed by atoms with Crippen LogP contribution >= 0.6 is 15.9 Å². The molecule has 1 heterocycles. The van der Waals surface area contributed by atoms with Crippen LogP contribution < -0.4 is 10.5 Å². The van der Waals surface area contributed by atoms with Crippen LogP contribution in [0.1, 0.15) is 24.4 Å². The Balaban J connectivity index is 2.14. The highest BCUT2D eigenvalue weighted by atomic mass is 79.9. The summed E-state index contributed by atoms with van der Waals surface area (Å²) in [6.45, 7) is 2.17. The van der Waals surface area contributed by atoms with E-state index in [2.05, 4.69) is 30.6 Å². The maximum atomic E-state index is 5.88. The van der Waals surface area contributed by atoms with Gasteiger partial charge in [0.1, 0.15) is 5.75 Å². The van der Waals surface area contributed by atoms with Gasteiger partial charge in [0.05, 0.1) is 0 Å². The molecule has 0 amide bonds. The van der Waals surface area contributed by atoms with E-state index in [4.69, 9.17) is 10.5 Å². The highest BCUT2D eigenvalue weighted by Crippen LogP contribution is 2.27. The average molecular weight is 298 g/mol. The molecule has 90 valence electrons. The second kappa shape index (κ2) is 5.29. The normalized spacial score (nSPS) is 12.4. The molecule has 0 radical (unpaired) electrons. The molecule has 0 spiro atoms. The number of nitrogens with zero attached hydrogens (tertiary/aromatic N) is 2. The smallest absolute Gasteiger partial charge is 0.213 e. The Morgan fingerprint density at radius 2 is 2.35 bits per heavy atom. The molecule has 2 rings (SSSR count).